The average Bonchev–Trinajstić information content (AvgIpc) is 2.90. The van der Waals surface area contributed by atoms with Crippen molar-refractivity contribution in [2.24, 2.45) is 0 Å². The largest absolute Gasteiger partial charge is 0.508 e. The fourth-order valence-corrected chi connectivity index (χ4v) is 2.28. The highest BCUT2D eigenvalue weighted by Crippen LogP contribution is 2.23. The predicted octanol–water partition coefficient (Wildman–Crippen LogP) is 1.64. The van der Waals surface area contributed by atoms with E-state index in [1.54, 1.807) is 12.1 Å². The molecule has 2 aromatic rings. The highest BCUT2D eigenvalue weighted by Gasteiger charge is 2.19. The maximum absolute atomic E-state index is 9.26. The monoisotopic (exact) mass is 244 g/mol. The van der Waals surface area contributed by atoms with E-state index in [2.05, 4.69) is 20.5 Å². The van der Waals surface area contributed by atoms with Crippen LogP contribution in [0.2, 0.25) is 0 Å². The highest BCUT2D eigenvalue weighted by molar-refractivity contribution is 5.55. The lowest BCUT2D eigenvalue weighted by Gasteiger charge is -2.20. The number of H-pyrrole nitrogens is 1. The highest BCUT2D eigenvalue weighted by atomic mass is 16.3. The zero-order valence-corrected chi connectivity index (χ0v) is 10.1. The number of aromatic hydroxyl groups is 1. The molecule has 0 amide bonds. The molecule has 18 heavy (non-hydrogen) atoms. The van der Waals surface area contributed by atoms with Crippen LogP contribution in [0.3, 0.4) is 0 Å². The van der Waals surface area contributed by atoms with Gasteiger partial charge in [-0.25, -0.2) is 4.98 Å². The topological polar surface area (TPSA) is 73.8 Å². The zero-order chi connectivity index (χ0) is 12.4. The number of benzene rings is 1. The molecule has 1 unspecified atom stereocenters. The molecule has 0 spiro atoms. The van der Waals surface area contributed by atoms with E-state index in [0.717, 1.165) is 30.9 Å². The van der Waals surface area contributed by atoms with Gasteiger partial charge in [0.2, 0.25) is 0 Å². The SMILES string of the molecule is Oc1ccc(-c2n[nH]c(C3CCCNC3)n2)cc1. The Kier molecular flexibility index (Phi) is 2.98. The Bertz CT molecular complexity index is 514. The number of piperidine rings is 1. The first kappa shape index (κ1) is 11.2. The number of phenols is 1. The summed E-state index contributed by atoms with van der Waals surface area (Å²) in [5, 5.41) is 19.9. The van der Waals surface area contributed by atoms with Crippen LogP contribution in [0.15, 0.2) is 24.3 Å². The molecule has 1 aliphatic rings. The average molecular weight is 244 g/mol. The van der Waals surface area contributed by atoms with Crippen LogP contribution in [0.25, 0.3) is 11.4 Å². The number of nitrogens with one attached hydrogen (secondary N) is 2. The van der Waals surface area contributed by atoms with Gasteiger partial charge < -0.3 is 10.4 Å². The van der Waals surface area contributed by atoms with Crippen LogP contribution in [-0.2, 0) is 0 Å². The van der Waals surface area contributed by atoms with Crippen molar-refractivity contribution in [2.45, 2.75) is 18.8 Å². The molecule has 1 aliphatic heterocycles. The normalized spacial score (nSPS) is 19.9. The molecule has 0 aliphatic carbocycles. The second kappa shape index (κ2) is 4.78. The Labute approximate surface area is 105 Å². The summed E-state index contributed by atoms with van der Waals surface area (Å²) in [6, 6.07) is 6.93. The molecule has 3 rings (SSSR count). The number of aromatic nitrogens is 3. The first-order valence-corrected chi connectivity index (χ1v) is 6.25. The second-order valence-corrected chi connectivity index (χ2v) is 4.63. The fourth-order valence-electron chi connectivity index (χ4n) is 2.28. The number of rotatable bonds is 2. The van der Waals surface area contributed by atoms with Crippen molar-refractivity contribution in [3.8, 4) is 17.1 Å². The minimum absolute atomic E-state index is 0.256. The third-order valence-corrected chi connectivity index (χ3v) is 3.31. The molecule has 0 saturated carbocycles. The molecule has 3 N–H and O–H groups in total. The van der Waals surface area contributed by atoms with E-state index in [9.17, 15) is 5.11 Å². The molecule has 0 radical (unpaired) electrons. The van der Waals surface area contributed by atoms with Crippen LogP contribution in [0, 0.1) is 0 Å². The maximum Gasteiger partial charge on any atom is 0.181 e. The van der Waals surface area contributed by atoms with Crippen LogP contribution in [-0.4, -0.2) is 33.4 Å². The molecule has 1 atom stereocenters. The van der Waals surface area contributed by atoms with E-state index < -0.39 is 0 Å². The number of phenolic OH excluding ortho intramolecular Hbond substituents is 1. The molecule has 1 aromatic heterocycles. The fraction of sp³-hybridized carbons (Fsp3) is 0.385. The van der Waals surface area contributed by atoms with Gasteiger partial charge in [-0.1, -0.05) is 0 Å². The standard InChI is InChI=1S/C13H16N4O/c18-11-5-3-9(4-6-11)12-15-13(17-16-12)10-2-1-7-14-8-10/h3-6,10,14,18H,1-2,7-8H2,(H,15,16,17). The van der Waals surface area contributed by atoms with Crippen molar-refractivity contribution in [2.75, 3.05) is 13.1 Å². The van der Waals surface area contributed by atoms with Gasteiger partial charge in [0.05, 0.1) is 0 Å². The molecule has 5 heteroatoms. The van der Waals surface area contributed by atoms with Crippen molar-refractivity contribution in [3.05, 3.63) is 30.1 Å². The van der Waals surface area contributed by atoms with Crippen LogP contribution >= 0.6 is 0 Å². The minimum atomic E-state index is 0.256. The molecular formula is C13H16N4O. The van der Waals surface area contributed by atoms with Gasteiger partial charge >= 0.3 is 0 Å². The Morgan fingerprint density at radius 1 is 1.22 bits per heavy atom. The molecule has 1 fully saturated rings. The van der Waals surface area contributed by atoms with Gasteiger partial charge in [-0.15, -0.1) is 0 Å². The van der Waals surface area contributed by atoms with Crippen molar-refractivity contribution in [3.63, 3.8) is 0 Å². The summed E-state index contributed by atoms with van der Waals surface area (Å²) < 4.78 is 0. The Morgan fingerprint density at radius 3 is 2.78 bits per heavy atom. The third-order valence-electron chi connectivity index (χ3n) is 3.31. The molecule has 1 saturated heterocycles. The number of hydrogen-bond acceptors (Lipinski definition) is 4. The molecule has 0 bridgehead atoms. The summed E-state index contributed by atoms with van der Waals surface area (Å²) in [6.07, 6.45) is 2.33. The summed E-state index contributed by atoms with van der Waals surface area (Å²) in [4.78, 5) is 4.55. The third kappa shape index (κ3) is 2.22. The predicted molar refractivity (Wildman–Crippen MR) is 68.3 cm³/mol. The van der Waals surface area contributed by atoms with Crippen molar-refractivity contribution < 1.29 is 5.11 Å². The number of aromatic amines is 1. The van der Waals surface area contributed by atoms with Crippen LogP contribution in [0.5, 0.6) is 5.75 Å². The van der Waals surface area contributed by atoms with Crippen molar-refractivity contribution in [1.82, 2.24) is 20.5 Å². The van der Waals surface area contributed by atoms with Crippen LogP contribution < -0.4 is 5.32 Å². The molecule has 94 valence electrons. The lowest BCUT2D eigenvalue weighted by Crippen LogP contribution is -2.28. The summed E-state index contributed by atoms with van der Waals surface area (Å²) in [5.74, 6) is 2.32. The summed E-state index contributed by atoms with van der Waals surface area (Å²) in [6.45, 7) is 2.06. The van der Waals surface area contributed by atoms with E-state index in [1.807, 2.05) is 12.1 Å². The lowest BCUT2D eigenvalue weighted by molar-refractivity contribution is 0.447. The van der Waals surface area contributed by atoms with E-state index >= 15 is 0 Å². The van der Waals surface area contributed by atoms with Gasteiger partial charge in [0.15, 0.2) is 5.82 Å². The Morgan fingerprint density at radius 2 is 2.06 bits per heavy atom. The quantitative estimate of drug-likeness (QED) is 0.751. The van der Waals surface area contributed by atoms with Gasteiger partial charge in [0, 0.05) is 18.0 Å². The molecule has 5 nitrogen and oxygen atoms in total. The second-order valence-electron chi connectivity index (χ2n) is 4.63. The minimum Gasteiger partial charge on any atom is -0.508 e. The zero-order valence-electron chi connectivity index (χ0n) is 10.1. The van der Waals surface area contributed by atoms with E-state index in [0.29, 0.717) is 11.7 Å². The van der Waals surface area contributed by atoms with E-state index in [1.165, 1.54) is 6.42 Å². The van der Waals surface area contributed by atoms with E-state index in [-0.39, 0.29) is 5.75 Å². The van der Waals surface area contributed by atoms with E-state index in [4.69, 9.17) is 0 Å². The lowest BCUT2D eigenvalue weighted by atomic mass is 9.99. The Balaban J connectivity index is 1.82. The molecular weight excluding hydrogens is 228 g/mol. The summed E-state index contributed by atoms with van der Waals surface area (Å²) in [5.41, 5.74) is 0.916. The summed E-state index contributed by atoms with van der Waals surface area (Å²) in [7, 11) is 0. The van der Waals surface area contributed by atoms with Crippen LogP contribution in [0.4, 0.5) is 0 Å². The number of hydrogen-bond donors (Lipinski definition) is 3. The van der Waals surface area contributed by atoms with Crippen LogP contribution in [0.1, 0.15) is 24.6 Å². The van der Waals surface area contributed by atoms with Crippen molar-refractivity contribution in [1.29, 1.82) is 0 Å². The summed E-state index contributed by atoms with van der Waals surface area (Å²) >= 11 is 0. The van der Waals surface area contributed by atoms with Gasteiger partial charge in [0.1, 0.15) is 11.6 Å². The van der Waals surface area contributed by atoms with Gasteiger partial charge in [0.25, 0.3) is 0 Å². The molecule has 1 aromatic carbocycles. The van der Waals surface area contributed by atoms with Crippen molar-refractivity contribution >= 4 is 0 Å². The molecule has 2 heterocycles. The first-order chi connectivity index (χ1) is 8.83. The van der Waals surface area contributed by atoms with Gasteiger partial charge in [-0.3, -0.25) is 5.10 Å². The van der Waals surface area contributed by atoms with Gasteiger partial charge in [-0.2, -0.15) is 5.10 Å². The maximum atomic E-state index is 9.26. The first-order valence-electron chi connectivity index (χ1n) is 6.25. The smallest absolute Gasteiger partial charge is 0.181 e. The van der Waals surface area contributed by atoms with Gasteiger partial charge in [-0.05, 0) is 43.7 Å². The Hall–Kier alpha value is -1.88. The number of nitrogens with zero attached hydrogens (tertiary/aromatic N) is 2.